The van der Waals surface area contributed by atoms with Gasteiger partial charge in [-0.1, -0.05) is 53.2 Å². The molecular weight excluding hydrogens is 346 g/mol. The van der Waals surface area contributed by atoms with Gasteiger partial charge in [0.25, 0.3) is 0 Å². The van der Waals surface area contributed by atoms with Crippen LogP contribution >= 0.6 is 11.8 Å². The molecule has 0 aliphatic carbocycles. The summed E-state index contributed by atoms with van der Waals surface area (Å²) in [6.45, 7) is 4.16. The Morgan fingerprint density at radius 2 is 1.88 bits per heavy atom. The molecule has 1 aromatic heterocycles. The zero-order chi connectivity index (χ0) is 18.4. The highest BCUT2D eigenvalue weighted by Crippen LogP contribution is 2.23. The molecule has 0 aliphatic rings. The van der Waals surface area contributed by atoms with Crippen molar-refractivity contribution in [2.24, 2.45) is 0 Å². The summed E-state index contributed by atoms with van der Waals surface area (Å²) in [6.07, 6.45) is 0.609. The van der Waals surface area contributed by atoms with Gasteiger partial charge in [0.1, 0.15) is 0 Å². The lowest BCUT2D eigenvalue weighted by Gasteiger charge is -2.10. The van der Waals surface area contributed by atoms with Crippen LogP contribution in [-0.4, -0.2) is 21.3 Å². The molecule has 1 amide bonds. The fourth-order valence-electron chi connectivity index (χ4n) is 2.39. The van der Waals surface area contributed by atoms with Crippen LogP contribution in [0.3, 0.4) is 0 Å². The van der Waals surface area contributed by atoms with E-state index in [1.54, 1.807) is 0 Å². The molecular formula is C20H21N3O2S. The van der Waals surface area contributed by atoms with Gasteiger partial charge in [0.05, 0.1) is 11.8 Å². The van der Waals surface area contributed by atoms with E-state index < -0.39 is 0 Å². The molecule has 0 spiro atoms. The highest BCUT2D eigenvalue weighted by Gasteiger charge is 2.15. The second kappa shape index (κ2) is 8.67. The number of nitrogens with zero attached hydrogens (tertiary/aromatic N) is 2. The smallest absolute Gasteiger partial charge is 0.246 e. The quantitative estimate of drug-likeness (QED) is 0.644. The number of carbonyl (C=O) groups is 1. The number of thioether (sulfide) groups is 1. The summed E-state index contributed by atoms with van der Waals surface area (Å²) in [7, 11) is 0. The van der Waals surface area contributed by atoms with Gasteiger partial charge in [-0.15, -0.1) is 11.8 Å². The molecule has 0 bridgehead atoms. The van der Waals surface area contributed by atoms with E-state index in [4.69, 9.17) is 4.52 Å². The number of nitrogens with one attached hydrogen (secondary N) is 1. The summed E-state index contributed by atoms with van der Waals surface area (Å²) in [4.78, 5) is 17.7. The van der Waals surface area contributed by atoms with Crippen molar-refractivity contribution >= 4 is 17.7 Å². The largest absolute Gasteiger partial charge is 0.346 e. The standard InChI is InChI=1S/C20H21N3O2S/c1-14-8-10-17(11-9-14)26-15(2)20(24)21-13-19-22-18(23-25-19)12-16-6-4-3-5-7-16/h3-11,15H,12-13H2,1-2H3,(H,21,24). The third-order valence-corrected chi connectivity index (χ3v) is 4.94. The number of benzene rings is 2. The molecule has 26 heavy (non-hydrogen) atoms. The van der Waals surface area contributed by atoms with Gasteiger partial charge in [-0.2, -0.15) is 4.98 Å². The molecule has 0 saturated carbocycles. The van der Waals surface area contributed by atoms with Gasteiger partial charge in [-0.25, -0.2) is 0 Å². The monoisotopic (exact) mass is 367 g/mol. The zero-order valence-electron chi connectivity index (χ0n) is 14.8. The molecule has 3 rings (SSSR count). The molecule has 1 unspecified atom stereocenters. The molecule has 6 heteroatoms. The number of carbonyl (C=O) groups excluding carboxylic acids is 1. The minimum atomic E-state index is -0.204. The maximum atomic E-state index is 12.3. The van der Waals surface area contributed by atoms with Crippen molar-refractivity contribution in [3.8, 4) is 0 Å². The lowest BCUT2D eigenvalue weighted by Crippen LogP contribution is -2.30. The van der Waals surface area contributed by atoms with Crippen molar-refractivity contribution in [1.29, 1.82) is 0 Å². The average Bonchev–Trinajstić information content (AvgIpc) is 3.09. The molecule has 0 fully saturated rings. The topological polar surface area (TPSA) is 68.0 Å². The molecule has 1 atom stereocenters. The van der Waals surface area contributed by atoms with E-state index >= 15 is 0 Å². The fraction of sp³-hybridized carbons (Fsp3) is 0.250. The van der Waals surface area contributed by atoms with Crippen molar-refractivity contribution in [2.45, 2.75) is 37.0 Å². The molecule has 5 nitrogen and oxygen atoms in total. The first-order valence-electron chi connectivity index (χ1n) is 8.46. The van der Waals surface area contributed by atoms with E-state index in [1.807, 2.05) is 68.4 Å². The van der Waals surface area contributed by atoms with E-state index in [0.717, 1.165) is 10.5 Å². The Hall–Kier alpha value is -2.60. The van der Waals surface area contributed by atoms with Crippen molar-refractivity contribution in [3.63, 3.8) is 0 Å². The maximum Gasteiger partial charge on any atom is 0.246 e. The number of aryl methyl sites for hydroxylation is 1. The Morgan fingerprint density at radius 3 is 2.62 bits per heavy atom. The molecule has 1 N–H and O–H groups in total. The van der Waals surface area contributed by atoms with Crippen LogP contribution in [0.25, 0.3) is 0 Å². The minimum absolute atomic E-state index is 0.0571. The predicted octanol–water partition coefficient (Wildman–Crippen LogP) is 3.77. The number of amides is 1. The van der Waals surface area contributed by atoms with Crippen LogP contribution in [0.1, 0.15) is 29.8 Å². The minimum Gasteiger partial charge on any atom is -0.346 e. The van der Waals surface area contributed by atoms with Gasteiger partial charge in [0.2, 0.25) is 11.8 Å². The lowest BCUT2D eigenvalue weighted by atomic mass is 10.1. The van der Waals surface area contributed by atoms with Gasteiger partial charge in [-0.05, 0) is 31.5 Å². The average molecular weight is 367 g/mol. The SMILES string of the molecule is Cc1ccc(SC(C)C(=O)NCc2nc(Cc3ccccc3)no2)cc1. The first-order chi connectivity index (χ1) is 12.6. The van der Waals surface area contributed by atoms with Crippen LogP contribution in [0.4, 0.5) is 0 Å². The van der Waals surface area contributed by atoms with Crippen LogP contribution < -0.4 is 5.32 Å². The molecule has 0 aliphatic heterocycles. The summed E-state index contributed by atoms with van der Waals surface area (Å²) in [5.41, 5.74) is 2.32. The van der Waals surface area contributed by atoms with Crippen LogP contribution in [0, 0.1) is 6.92 Å². The van der Waals surface area contributed by atoms with E-state index in [9.17, 15) is 4.79 Å². The third-order valence-electron chi connectivity index (χ3n) is 3.83. The maximum absolute atomic E-state index is 12.3. The third kappa shape index (κ3) is 5.20. The van der Waals surface area contributed by atoms with Crippen LogP contribution in [0.15, 0.2) is 64.0 Å². The molecule has 1 heterocycles. The Labute approximate surface area is 157 Å². The van der Waals surface area contributed by atoms with Crippen molar-refractivity contribution < 1.29 is 9.32 Å². The molecule has 3 aromatic rings. The summed E-state index contributed by atoms with van der Waals surface area (Å²) in [5.74, 6) is 0.970. The number of aromatic nitrogens is 2. The van der Waals surface area contributed by atoms with Crippen molar-refractivity contribution in [2.75, 3.05) is 0 Å². The Morgan fingerprint density at radius 1 is 1.15 bits per heavy atom. The summed E-state index contributed by atoms with van der Waals surface area (Å²) < 4.78 is 5.22. The first-order valence-corrected chi connectivity index (χ1v) is 9.34. The van der Waals surface area contributed by atoms with Crippen molar-refractivity contribution in [1.82, 2.24) is 15.5 Å². The van der Waals surface area contributed by atoms with Crippen molar-refractivity contribution in [3.05, 3.63) is 77.4 Å². The Kier molecular flexibility index (Phi) is 6.07. The van der Waals surface area contributed by atoms with Crippen LogP contribution in [-0.2, 0) is 17.8 Å². The Balaban J connectivity index is 1.49. The molecule has 0 saturated heterocycles. The number of hydrogen-bond acceptors (Lipinski definition) is 5. The second-order valence-electron chi connectivity index (χ2n) is 6.06. The van der Waals surface area contributed by atoms with E-state index in [1.165, 1.54) is 17.3 Å². The number of rotatable bonds is 7. The highest BCUT2D eigenvalue weighted by molar-refractivity contribution is 8.00. The molecule has 134 valence electrons. The first kappa shape index (κ1) is 18.2. The molecule has 2 aromatic carbocycles. The van der Waals surface area contributed by atoms with Gasteiger partial charge >= 0.3 is 0 Å². The number of hydrogen-bond donors (Lipinski definition) is 1. The van der Waals surface area contributed by atoms with Crippen LogP contribution in [0.5, 0.6) is 0 Å². The normalized spacial score (nSPS) is 11.9. The predicted molar refractivity (Wildman–Crippen MR) is 102 cm³/mol. The summed E-state index contributed by atoms with van der Waals surface area (Å²) in [6, 6.07) is 18.1. The van der Waals surface area contributed by atoms with E-state index in [0.29, 0.717) is 18.1 Å². The van der Waals surface area contributed by atoms with Gasteiger partial charge in [0, 0.05) is 11.3 Å². The van der Waals surface area contributed by atoms with Gasteiger partial charge in [0.15, 0.2) is 5.82 Å². The van der Waals surface area contributed by atoms with Gasteiger partial charge in [-0.3, -0.25) is 4.79 Å². The molecule has 0 radical (unpaired) electrons. The summed E-state index contributed by atoms with van der Waals surface area (Å²) >= 11 is 1.52. The zero-order valence-corrected chi connectivity index (χ0v) is 15.6. The van der Waals surface area contributed by atoms with Crippen LogP contribution in [0.2, 0.25) is 0 Å². The Bertz CT molecular complexity index is 847. The fourth-order valence-corrected chi connectivity index (χ4v) is 3.28. The van der Waals surface area contributed by atoms with E-state index in [-0.39, 0.29) is 17.7 Å². The highest BCUT2D eigenvalue weighted by atomic mass is 32.2. The lowest BCUT2D eigenvalue weighted by molar-refractivity contribution is -0.120. The second-order valence-corrected chi connectivity index (χ2v) is 7.47. The van der Waals surface area contributed by atoms with Gasteiger partial charge < -0.3 is 9.84 Å². The summed E-state index contributed by atoms with van der Waals surface area (Å²) in [5, 5.41) is 6.61. The van der Waals surface area contributed by atoms with E-state index in [2.05, 4.69) is 15.5 Å².